The maximum Gasteiger partial charge on any atom is 0.260 e. The van der Waals surface area contributed by atoms with E-state index < -0.39 is 6.23 Å². The smallest absolute Gasteiger partial charge is 0.260 e. The number of methoxy groups -OCH3 is 2. The van der Waals surface area contributed by atoms with Crippen molar-refractivity contribution in [2.24, 2.45) is 4.99 Å². The van der Waals surface area contributed by atoms with Crippen molar-refractivity contribution in [2.75, 3.05) is 38.9 Å². The van der Waals surface area contributed by atoms with E-state index in [1.807, 2.05) is 32.5 Å². The lowest BCUT2D eigenvalue weighted by atomic mass is 10.1. The van der Waals surface area contributed by atoms with Gasteiger partial charge in [-0.25, -0.2) is 0 Å². The molecule has 0 aromatic heterocycles. The lowest BCUT2D eigenvalue weighted by Crippen LogP contribution is -2.48. The molecule has 2 amide bonds. The number of aliphatic hydroxyl groups excluding tert-OH is 1. The lowest BCUT2D eigenvalue weighted by Gasteiger charge is -2.33. The minimum atomic E-state index is -0.905. The fraction of sp³-hybridized carbons (Fsp3) is 0.417. The number of ether oxygens (including phenoxy) is 4. The minimum Gasteiger partial charge on any atom is -0.493 e. The van der Waals surface area contributed by atoms with Gasteiger partial charge in [-0.15, -0.1) is 6.58 Å². The number of carbonyl (C=O) groups excluding carboxylic acids is 2. The molecule has 6 rings (SSSR count). The number of nitrogens with zero attached hydrogens (tertiary/aromatic N) is 4. The first-order valence-electron chi connectivity index (χ1n) is 16.0. The van der Waals surface area contributed by atoms with E-state index in [-0.39, 0.29) is 23.9 Å². The molecule has 3 unspecified atom stereocenters. The Hall–Kier alpha value is -4.77. The second-order valence-corrected chi connectivity index (χ2v) is 12.3. The maximum absolute atomic E-state index is 13.6. The molecule has 248 valence electrons. The minimum absolute atomic E-state index is 0.0714. The molecular formula is C36H42N4O7. The quantitative estimate of drug-likeness (QED) is 0.235. The molecule has 0 saturated heterocycles. The zero-order valence-corrected chi connectivity index (χ0v) is 27.4. The van der Waals surface area contributed by atoms with Crippen LogP contribution in [0.1, 0.15) is 66.7 Å². The number of aliphatic hydroxyl groups is 1. The predicted molar refractivity (Wildman–Crippen MR) is 179 cm³/mol. The first kappa shape index (κ1) is 32.2. The Morgan fingerprint density at radius 2 is 1.47 bits per heavy atom. The Bertz CT molecular complexity index is 1660. The summed E-state index contributed by atoms with van der Waals surface area (Å²) in [7, 11) is 3.11. The second-order valence-electron chi connectivity index (χ2n) is 12.3. The van der Waals surface area contributed by atoms with Gasteiger partial charge in [0.05, 0.1) is 62.0 Å². The molecule has 4 aliphatic heterocycles. The van der Waals surface area contributed by atoms with Crippen LogP contribution in [0.15, 0.2) is 65.5 Å². The molecule has 0 bridgehead atoms. The summed E-state index contributed by atoms with van der Waals surface area (Å²) in [5.41, 5.74) is 4.27. The van der Waals surface area contributed by atoms with Gasteiger partial charge in [0.25, 0.3) is 11.8 Å². The molecule has 47 heavy (non-hydrogen) atoms. The average molecular weight is 643 g/mol. The molecule has 11 nitrogen and oxygen atoms in total. The van der Waals surface area contributed by atoms with Crippen molar-refractivity contribution in [2.45, 2.75) is 64.3 Å². The highest BCUT2D eigenvalue weighted by Gasteiger charge is 2.42. The molecule has 0 fully saturated rings. The van der Waals surface area contributed by atoms with E-state index in [4.69, 9.17) is 18.9 Å². The number of hydrogen-bond acceptors (Lipinski definition) is 9. The third kappa shape index (κ3) is 6.19. The van der Waals surface area contributed by atoms with Crippen molar-refractivity contribution < 1.29 is 33.6 Å². The molecule has 1 N–H and O–H groups in total. The summed E-state index contributed by atoms with van der Waals surface area (Å²) in [6, 6.07) is 6.50. The zero-order valence-electron chi connectivity index (χ0n) is 27.4. The van der Waals surface area contributed by atoms with Crippen molar-refractivity contribution in [1.82, 2.24) is 9.80 Å². The summed E-state index contributed by atoms with van der Waals surface area (Å²) >= 11 is 0. The highest BCUT2D eigenvalue weighted by Crippen LogP contribution is 2.42. The Morgan fingerprint density at radius 3 is 2.15 bits per heavy atom. The molecule has 0 aliphatic carbocycles. The van der Waals surface area contributed by atoms with Crippen LogP contribution in [0.25, 0.3) is 0 Å². The van der Waals surface area contributed by atoms with Gasteiger partial charge in [0.15, 0.2) is 23.0 Å². The van der Waals surface area contributed by atoms with Crippen molar-refractivity contribution in [3.8, 4) is 23.0 Å². The van der Waals surface area contributed by atoms with Crippen LogP contribution in [0.5, 0.6) is 23.0 Å². The fourth-order valence-corrected chi connectivity index (χ4v) is 6.64. The highest BCUT2D eigenvalue weighted by molar-refractivity contribution is 6.04. The number of unbranched alkanes of at least 4 members (excludes halogenated alkanes) is 2. The van der Waals surface area contributed by atoms with Crippen molar-refractivity contribution >= 4 is 29.4 Å². The Kier molecular flexibility index (Phi) is 9.26. The third-order valence-corrected chi connectivity index (χ3v) is 8.98. The molecule has 11 heteroatoms. The van der Waals surface area contributed by atoms with Crippen molar-refractivity contribution in [3.63, 3.8) is 0 Å². The normalized spacial score (nSPS) is 21.2. The largest absolute Gasteiger partial charge is 0.493 e. The molecule has 2 aromatic carbocycles. The van der Waals surface area contributed by atoms with Crippen molar-refractivity contribution in [3.05, 3.63) is 71.6 Å². The number of carbonyl (C=O) groups is 2. The SMILES string of the molecule is C=CCN1c2cc(OCCCCCOc3cc4c(cc3OC)C(=O)N3C=C(C)CC3C=N4)c(OC)cc2C(=O)N2C=C(C)CC2C1O. The first-order valence-corrected chi connectivity index (χ1v) is 16.0. The van der Waals surface area contributed by atoms with Crippen LogP contribution in [0.2, 0.25) is 0 Å². The van der Waals surface area contributed by atoms with E-state index in [2.05, 4.69) is 11.6 Å². The predicted octanol–water partition coefficient (Wildman–Crippen LogP) is 5.61. The molecule has 2 aromatic rings. The average Bonchev–Trinajstić information content (AvgIpc) is 3.61. The molecule has 3 atom stereocenters. The Labute approximate surface area is 275 Å². The molecular weight excluding hydrogens is 600 g/mol. The van der Waals surface area contributed by atoms with E-state index >= 15 is 0 Å². The molecule has 4 heterocycles. The molecule has 0 radical (unpaired) electrons. The van der Waals surface area contributed by atoms with Gasteiger partial charge < -0.3 is 38.8 Å². The van der Waals surface area contributed by atoms with Crippen LogP contribution in [-0.4, -0.2) is 85.2 Å². The van der Waals surface area contributed by atoms with Gasteiger partial charge in [0, 0.05) is 37.3 Å². The summed E-state index contributed by atoms with van der Waals surface area (Å²) in [6.07, 6.45) is 10.1. The van der Waals surface area contributed by atoms with Gasteiger partial charge in [-0.2, -0.15) is 0 Å². The van der Waals surface area contributed by atoms with Gasteiger partial charge in [-0.05, 0) is 58.1 Å². The summed E-state index contributed by atoms with van der Waals surface area (Å²) in [4.78, 5) is 36.5. The van der Waals surface area contributed by atoms with Gasteiger partial charge in [0.2, 0.25) is 0 Å². The second kappa shape index (κ2) is 13.5. The number of anilines is 1. The number of hydrogen-bond donors (Lipinski definition) is 1. The summed E-state index contributed by atoms with van der Waals surface area (Å²) in [5.74, 6) is 1.71. The number of benzene rings is 2. The van der Waals surface area contributed by atoms with E-state index in [1.165, 1.54) is 0 Å². The zero-order chi connectivity index (χ0) is 33.2. The molecule has 0 saturated carbocycles. The standard InChI is InChI=1S/C36H42N4O7/c1-6-10-38-28-18-33(31(45-5)16-26(28)35(42)40-21-23(3)14-29(40)36(38)43)47-12-9-7-8-11-46-32-17-27-25(15-30(32)44-4)34(41)39-20-22(2)13-24(39)19-37-27/h6,15-21,24,29,36,43H,1,7-14H2,2-5H3. The number of fused-ring (bicyclic) bond motifs is 4. The van der Waals surface area contributed by atoms with E-state index in [0.717, 1.165) is 36.8 Å². The van der Waals surface area contributed by atoms with Crippen LogP contribution < -0.4 is 23.8 Å². The Morgan fingerprint density at radius 1 is 0.851 bits per heavy atom. The summed E-state index contributed by atoms with van der Waals surface area (Å²) < 4.78 is 23.4. The van der Waals surface area contributed by atoms with E-state index in [9.17, 15) is 14.7 Å². The monoisotopic (exact) mass is 642 g/mol. The first-order chi connectivity index (χ1) is 22.7. The van der Waals surface area contributed by atoms with E-state index in [1.54, 1.807) is 59.3 Å². The van der Waals surface area contributed by atoms with Gasteiger partial charge in [-0.3, -0.25) is 14.6 Å². The Balaban J connectivity index is 1.07. The van der Waals surface area contributed by atoms with Gasteiger partial charge in [0.1, 0.15) is 6.23 Å². The number of amides is 2. The van der Waals surface area contributed by atoms with E-state index in [0.29, 0.717) is 71.7 Å². The maximum atomic E-state index is 13.6. The van der Waals surface area contributed by atoms with Crippen LogP contribution in [0.3, 0.4) is 0 Å². The molecule has 4 aliphatic rings. The molecule has 0 spiro atoms. The van der Waals surface area contributed by atoms with Gasteiger partial charge in [-0.1, -0.05) is 17.2 Å². The topological polar surface area (TPSA) is 113 Å². The summed E-state index contributed by atoms with van der Waals surface area (Å²) in [6.45, 7) is 9.08. The lowest BCUT2D eigenvalue weighted by molar-refractivity contribution is 0.0583. The van der Waals surface area contributed by atoms with Crippen LogP contribution in [0.4, 0.5) is 11.4 Å². The number of rotatable bonds is 12. The highest BCUT2D eigenvalue weighted by atomic mass is 16.5. The van der Waals surface area contributed by atoms with Gasteiger partial charge >= 0.3 is 0 Å². The van der Waals surface area contributed by atoms with Crippen molar-refractivity contribution in [1.29, 1.82) is 0 Å². The third-order valence-electron chi connectivity index (χ3n) is 8.98. The van der Waals surface area contributed by atoms with Crippen LogP contribution in [0, 0.1) is 0 Å². The van der Waals surface area contributed by atoms with Crippen LogP contribution in [-0.2, 0) is 0 Å². The number of aliphatic imine (C=N–C) groups is 1. The van der Waals surface area contributed by atoms with Crippen LogP contribution >= 0.6 is 0 Å². The fourth-order valence-electron chi connectivity index (χ4n) is 6.64. The summed E-state index contributed by atoms with van der Waals surface area (Å²) in [5, 5.41) is 11.3.